The zero-order chi connectivity index (χ0) is 23.0. The number of fused-ring (bicyclic) bond motifs is 3. The first-order valence-corrected chi connectivity index (χ1v) is 11.4. The molecule has 32 heavy (non-hydrogen) atoms. The zero-order valence-corrected chi connectivity index (χ0v) is 19.5. The summed E-state index contributed by atoms with van der Waals surface area (Å²) < 4.78 is 20.0. The molecule has 2 heterocycles. The average Bonchev–Trinajstić information content (AvgIpc) is 2.87. The van der Waals surface area contributed by atoms with Crippen LogP contribution in [0.3, 0.4) is 0 Å². The van der Waals surface area contributed by atoms with Crippen molar-refractivity contribution in [1.82, 2.24) is 15.2 Å². The lowest BCUT2D eigenvalue weighted by Gasteiger charge is -2.31. The van der Waals surface area contributed by atoms with Crippen LogP contribution in [-0.2, 0) is 4.79 Å². The topological polar surface area (TPSA) is 68.2 Å². The fourth-order valence-electron chi connectivity index (χ4n) is 3.75. The van der Waals surface area contributed by atoms with Crippen LogP contribution in [0.15, 0.2) is 41.6 Å². The summed E-state index contributed by atoms with van der Waals surface area (Å²) in [5, 5.41) is 9.28. The zero-order valence-electron chi connectivity index (χ0n) is 18.7. The van der Waals surface area contributed by atoms with E-state index in [9.17, 15) is 9.18 Å². The van der Waals surface area contributed by atoms with Gasteiger partial charge >= 0.3 is 0 Å². The number of aryl methyl sites for hydroxylation is 2. The van der Waals surface area contributed by atoms with Gasteiger partial charge in [-0.05, 0) is 43.5 Å². The molecule has 8 heteroatoms. The van der Waals surface area contributed by atoms with Crippen molar-refractivity contribution in [1.29, 1.82) is 0 Å². The summed E-state index contributed by atoms with van der Waals surface area (Å²) in [5.74, 6) is 1.05. The van der Waals surface area contributed by atoms with Crippen molar-refractivity contribution in [3.05, 3.63) is 58.9 Å². The molecule has 0 radical (unpaired) electrons. The number of carbonyl (C=O) groups is 1. The van der Waals surface area contributed by atoms with Crippen LogP contribution < -0.4 is 9.64 Å². The number of rotatable bonds is 4. The van der Waals surface area contributed by atoms with Crippen LogP contribution in [0.4, 0.5) is 10.1 Å². The van der Waals surface area contributed by atoms with Gasteiger partial charge in [0.2, 0.25) is 23.2 Å². The van der Waals surface area contributed by atoms with Gasteiger partial charge in [-0.1, -0.05) is 49.4 Å². The predicted octanol–water partition coefficient (Wildman–Crippen LogP) is 5.49. The summed E-state index contributed by atoms with van der Waals surface area (Å²) in [5.41, 5.74) is 4.47. The van der Waals surface area contributed by atoms with Crippen LogP contribution in [0.1, 0.15) is 43.7 Å². The van der Waals surface area contributed by atoms with Crippen molar-refractivity contribution >= 4 is 23.4 Å². The fourth-order valence-corrected chi connectivity index (χ4v) is 4.48. The van der Waals surface area contributed by atoms with E-state index in [0.29, 0.717) is 33.9 Å². The fraction of sp³-hybridized carbons (Fsp3) is 0.333. The second-order valence-electron chi connectivity index (χ2n) is 8.34. The number of hydrogen-bond donors (Lipinski definition) is 0. The summed E-state index contributed by atoms with van der Waals surface area (Å²) in [4.78, 5) is 19.1. The summed E-state index contributed by atoms with van der Waals surface area (Å²) in [6.07, 6.45) is -0.825. The molecule has 0 aliphatic carbocycles. The maximum atomic E-state index is 13.6. The van der Waals surface area contributed by atoms with Gasteiger partial charge < -0.3 is 4.74 Å². The number of benzene rings is 2. The van der Waals surface area contributed by atoms with Crippen LogP contribution in [0.5, 0.6) is 5.88 Å². The van der Waals surface area contributed by atoms with Crippen LogP contribution in [0, 0.1) is 25.6 Å². The number of ether oxygens (including phenoxy) is 1. The van der Waals surface area contributed by atoms with Gasteiger partial charge in [-0.25, -0.2) is 4.39 Å². The molecule has 0 bridgehead atoms. The maximum absolute atomic E-state index is 13.6. The normalized spacial score (nSPS) is 15.1. The third-order valence-corrected chi connectivity index (χ3v) is 6.34. The molecular formula is C24H25FN4O2S. The minimum atomic E-state index is -0.825. The number of anilines is 1. The Morgan fingerprint density at radius 1 is 1.19 bits per heavy atom. The van der Waals surface area contributed by atoms with Crippen molar-refractivity contribution in [3.63, 3.8) is 0 Å². The van der Waals surface area contributed by atoms with Crippen LogP contribution in [0.2, 0.25) is 0 Å². The Balaban J connectivity index is 1.94. The first kappa shape index (κ1) is 22.2. The first-order valence-electron chi connectivity index (χ1n) is 10.5. The molecule has 0 saturated carbocycles. The summed E-state index contributed by atoms with van der Waals surface area (Å²) >= 11 is 1.51. The molecule has 0 N–H and O–H groups in total. The lowest BCUT2D eigenvalue weighted by molar-refractivity contribution is -0.118. The van der Waals surface area contributed by atoms with E-state index in [1.807, 2.05) is 26.0 Å². The van der Waals surface area contributed by atoms with Gasteiger partial charge in [0.05, 0.1) is 5.69 Å². The molecule has 3 aromatic rings. The number of hydrogen-bond acceptors (Lipinski definition) is 6. The monoisotopic (exact) mass is 452 g/mol. The van der Waals surface area contributed by atoms with Gasteiger partial charge in [-0.3, -0.25) is 9.69 Å². The Kier molecular flexibility index (Phi) is 6.15. The van der Waals surface area contributed by atoms with Crippen molar-refractivity contribution < 1.29 is 13.9 Å². The Hall–Kier alpha value is -3.00. The Morgan fingerprint density at radius 2 is 1.91 bits per heavy atom. The quantitative estimate of drug-likeness (QED) is 0.488. The second-order valence-corrected chi connectivity index (χ2v) is 9.33. The van der Waals surface area contributed by atoms with Crippen molar-refractivity contribution in [2.45, 2.75) is 46.0 Å². The third-order valence-electron chi connectivity index (χ3n) is 5.07. The molecule has 4 rings (SSSR count). The molecule has 1 aromatic heterocycles. The van der Waals surface area contributed by atoms with E-state index >= 15 is 0 Å². The Morgan fingerprint density at radius 3 is 2.56 bits per heavy atom. The number of nitrogens with zero attached hydrogens (tertiary/aromatic N) is 4. The highest BCUT2D eigenvalue weighted by Gasteiger charge is 2.35. The minimum absolute atomic E-state index is 0.206. The average molecular weight is 453 g/mol. The molecule has 0 saturated heterocycles. The molecule has 1 atom stereocenters. The van der Waals surface area contributed by atoms with E-state index < -0.39 is 6.23 Å². The van der Waals surface area contributed by atoms with E-state index in [-0.39, 0.29) is 11.7 Å². The molecule has 0 unspecified atom stereocenters. The largest absolute Gasteiger partial charge is 0.447 e. The molecule has 0 fully saturated rings. The number of thioether (sulfide) groups is 1. The second kappa shape index (κ2) is 8.86. The molecular weight excluding hydrogens is 427 g/mol. The smallest absolute Gasteiger partial charge is 0.247 e. The molecule has 1 amide bonds. The number of halogens is 1. The molecule has 2 aromatic carbocycles. The Bertz CT molecular complexity index is 1170. The number of amides is 1. The van der Waals surface area contributed by atoms with Gasteiger partial charge in [0.15, 0.2) is 5.69 Å². The van der Waals surface area contributed by atoms with E-state index in [2.05, 4.69) is 29.0 Å². The summed E-state index contributed by atoms with van der Waals surface area (Å²) in [6, 6.07) is 9.92. The predicted molar refractivity (Wildman–Crippen MR) is 123 cm³/mol. The van der Waals surface area contributed by atoms with E-state index in [0.717, 1.165) is 22.4 Å². The molecule has 1 aliphatic heterocycles. The number of aromatic nitrogens is 3. The highest BCUT2D eigenvalue weighted by atomic mass is 32.2. The van der Waals surface area contributed by atoms with Gasteiger partial charge in [-0.15, -0.1) is 10.2 Å². The highest BCUT2D eigenvalue weighted by Crippen LogP contribution is 2.45. The van der Waals surface area contributed by atoms with E-state index in [4.69, 9.17) is 4.74 Å². The standard InChI is InChI=1S/C24H25FN4O2S/c1-13(2)12-32-24-26-22-20(27-28-24)19-11-14(3)10-15(4)21(19)29(16(5)30)23(31-22)17-6-8-18(25)9-7-17/h6-11,13,23H,12H2,1-5H3/t23-/m1/s1. The van der Waals surface area contributed by atoms with Crippen LogP contribution in [-0.4, -0.2) is 26.8 Å². The van der Waals surface area contributed by atoms with Gasteiger partial charge in [0.25, 0.3) is 0 Å². The van der Waals surface area contributed by atoms with Crippen LogP contribution in [0.25, 0.3) is 11.3 Å². The van der Waals surface area contributed by atoms with Gasteiger partial charge in [0, 0.05) is 23.8 Å². The summed E-state index contributed by atoms with van der Waals surface area (Å²) in [6.45, 7) is 9.67. The highest BCUT2D eigenvalue weighted by molar-refractivity contribution is 7.99. The molecule has 0 spiro atoms. The lowest BCUT2D eigenvalue weighted by Crippen LogP contribution is -2.36. The van der Waals surface area contributed by atoms with Crippen LogP contribution >= 0.6 is 11.8 Å². The first-order chi connectivity index (χ1) is 15.2. The van der Waals surface area contributed by atoms with Gasteiger partial charge in [0.1, 0.15) is 5.82 Å². The molecule has 1 aliphatic rings. The van der Waals surface area contributed by atoms with Crippen molar-refractivity contribution in [2.24, 2.45) is 5.92 Å². The number of carbonyl (C=O) groups excluding carboxylic acids is 1. The SMILES string of the molecule is CC(=O)N1c2c(C)cc(C)cc2-c2nnc(SCC(C)C)nc2O[C@@H]1c1ccc(F)cc1. The van der Waals surface area contributed by atoms with Crippen molar-refractivity contribution in [2.75, 3.05) is 10.7 Å². The van der Waals surface area contributed by atoms with E-state index in [1.54, 1.807) is 17.0 Å². The third kappa shape index (κ3) is 4.32. The lowest BCUT2D eigenvalue weighted by atomic mass is 10.00. The van der Waals surface area contributed by atoms with Gasteiger partial charge in [-0.2, -0.15) is 4.98 Å². The molecule has 166 valence electrons. The molecule has 6 nitrogen and oxygen atoms in total. The van der Waals surface area contributed by atoms with Crippen molar-refractivity contribution in [3.8, 4) is 17.1 Å². The van der Waals surface area contributed by atoms with E-state index in [1.165, 1.54) is 30.8 Å². The summed E-state index contributed by atoms with van der Waals surface area (Å²) in [7, 11) is 0. The maximum Gasteiger partial charge on any atom is 0.247 e. The minimum Gasteiger partial charge on any atom is -0.447 e. The Labute approximate surface area is 191 Å².